The van der Waals surface area contributed by atoms with Crippen molar-refractivity contribution in [2.75, 3.05) is 11.1 Å². The first-order valence-electron chi connectivity index (χ1n) is 20.9. The second-order valence-electron chi connectivity index (χ2n) is 15.4. The average molecular weight is 970 g/mol. The number of nitrogens with two attached hydrogens (primary N) is 2. The van der Waals surface area contributed by atoms with Crippen molar-refractivity contribution in [2.45, 2.75) is 72.8 Å². The zero-order valence-corrected chi connectivity index (χ0v) is 40.7. The van der Waals surface area contributed by atoms with E-state index < -0.39 is 0 Å². The van der Waals surface area contributed by atoms with Crippen molar-refractivity contribution in [2.24, 2.45) is 17.6 Å². The molecule has 0 fully saturated rings. The third-order valence-electron chi connectivity index (χ3n) is 9.53. The number of nitriles is 3. The van der Waals surface area contributed by atoms with Crippen LogP contribution >= 0.6 is 49.9 Å². The van der Waals surface area contributed by atoms with E-state index in [0.29, 0.717) is 39.3 Å². The van der Waals surface area contributed by atoms with E-state index in [9.17, 15) is 4.79 Å². The molecule has 64 heavy (non-hydrogen) atoms. The molecule has 9 nitrogen and oxygen atoms in total. The summed E-state index contributed by atoms with van der Waals surface area (Å²) < 4.78 is 0. The molecule has 0 radical (unpaired) electrons. The summed E-state index contributed by atoms with van der Waals surface area (Å²) >= 11 is 7.98. The van der Waals surface area contributed by atoms with Gasteiger partial charge in [-0.2, -0.15) is 15.8 Å². The van der Waals surface area contributed by atoms with Crippen molar-refractivity contribution >= 4 is 60.9 Å². The van der Waals surface area contributed by atoms with Crippen molar-refractivity contribution in [3.05, 3.63) is 151 Å². The van der Waals surface area contributed by atoms with Gasteiger partial charge in [-0.05, 0) is 79.5 Å². The molecular formula is C51H53BrN8OS3. The van der Waals surface area contributed by atoms with Crippen LogP contribution in [0.2, 0.25) is 0 Å². The van der Waals surface area contributed by atoms with Gasteiger partial charge in [-0.15, -0.1) is 34.0 Å². The molecule has 0 aliphatic heterocycles. The van der Waals surface area contributed by atoms with Crippen LogP contribution in [-0.4, -0.2) is 26.1 Å². The molecule has 0 bridgehead atoms. The maximum Gasteiger partial charge on any atom is 0.180 e. The number of hydrogen-bond acceptors (Lipinski definition) is 12. The number of rotatable bonds is 14. The quantitative estimate of drug-likeness (QED) is 0.0792. The molecule has 3 heterocycles. The van der Waals surface area contributed by atoms with E-state index >= 15 is 0 Å². The summed E-state index contributed by atoms with van der Waals surface area (Å²) in [7, 11) is 0. The number of benzene rings is 4. The first-order chi connectivity index (χ1) is 30.9. The van der Waals surface area contributed by atoms with Crippen LogP contribution in [0.25, 0.3) is 33.8 Å². The smallest absolute Gasteiger partial charge is 0.180 e. The van der Waals surface area contributed by atoms with Crippen molar-refractivity contribution in [1.29, 1.82) is 15.8 Å². The predicted octanol–water partition coefficient (Wildman–Crippen LogP) is 13.3. The van der Waals surface area contributed by atoms with Crippen LogP contribution < -0.4 is 11.5 Å². The van der Waals surface area contributed by atoms with Gasteiger partial charge < -0.3 is 11.5 Å². The van der Waals surface area contributed by atoms with Gasteiger partial charge in [-0.3, -0.25) is 4.79 Å². The Morgan fingerprint density at radius 2 is 0.969 bits per heavy atom. The lowest BCUT2D eigenvalue weighted by atomic mass is 10.1. The number of nitrogens with zero attached hydrogens (tertiary/aromatic N) is 6. The highest BCUT2D eigenvalue weighted by atomic mass is 79.9. The predicted molar refractivity (Wildman–Crippen MR) is 269 cm³/mol. The number of carbonyl (C=O) groups excluding carboxylic acids is 1. The molecule has 0 spiro atoms. The minimum Gasteiger partial charge on any atom is -0.375 e. The Labute approximate surface area is 398 Å². The van der Waals surface area contributed by atoms with Gasteiger partial charge in [0.1, 0.15) is 0 Å². The average Bonchev–Trinajstić information content (AvgIpc) is 4.11. The van der Waals surface area contributed by atoms with Crippen LogP contribution in [0.15, 0.2) is 113 Å². The van der Waals surface area contributed by atoms with Gasteiger partial charge in [0.25, 0.3) is 0 Å². The number of carbonyl (C=O) groups is 1. The molecule has 0 saturated heterocycles. The van der Waals surface area contributed by atoms with Crippen molar-refractivity contribution in [1.82, 2.24) is 15.0 Å². The zero-order valence-electron chi connectivity index (χ0n) is 36.6. The molecule has 328 valence electrons. The summed E-state index contributed by atoms with van der Waals surface area (Å²) in [5.41, 5.74) is 21.1. The van der Waals surface area contributed by atoms with Crippen molar-refractivity contribution in [3.8, 4) is 52.0 Å². The molecule has 0 amide bonds. The standard InChI is InChI=1S/C16H22N2S.C16H18N2S.C10H7N3S.C9H6BrNO/c2*1-12(2)4-3-5-16-18-15(11-19-16)14-8-6-13(10-17)7-9-14;11-5-7-1-3-8(4-2-7)9-6-14-10(12)13-9;10-5-9(12)8-3-1-7(6-11)2-4-8/h6-9,11-12H,3-5,10,17H2,1-2H3;6-9,11-12H,3-5H2,1-2H3;1-4,6H,(H2,12,13);1-4H,5H2. The maximum atomic E-state index is 11.1. The van der Waals surface area contributed by atoms with Crippen LogP contribution in [0.1, 0.15) is 96.0 Å². The van der Waals surface area contributed by atoms with Crippen LogP contribution in [0.4, 0.5) is 5.13 Å². The van der Waals surface area contributed by atoms with Gasteiger partial charge in [0, 0.05) is 44.9 Å². The lowest BCUT2D eigenvalue weighted by Crippen LogP contribution is -1.98. The second kappa shape index (κ2) is 27.4. The van der Waals surface area contributed by atoms with E-state index in [1.165, 1.54) is 52.6 Å². The summed E-state index contributed by atoms with van der Waals surface area (Å²) in [4.78, 5) is 24.6. The number of alkyl halides is 1. The van der Waals surface area contributed by atoms with Gasteiger partial charge in [0.05, 0.1) is 67.3 Å². The van der Waals surface area contributed by atoms with Crippen LogP contribution in [0.3, 0.4) is 0 Å². The summed E-state index contributed by atoms with van der Waals surface area (Å²) in [6, 6.07) is 36.0. The number of Topliss-reactive ketones (excluding diaryl/α,β-unsaturated/α-hetero) is 1. The summed E-state index contributed by atoms with van der Waals surface area (Å²) in [6.45, 7) is 9.64. The molecule has 0 aliphatic carbocycles. The lowest BCUT2D eigenvalue weighted by molar-refractivity contribution is 0.102. The Morgan fingerprint density at radius 1 is 0.594 bits per heavy atom. The minimum absolute atomic E-state index is 0.0273. The molecule has 3 aromatic heterocycles. The molecule has 0 atom stereocenters. The first kappa shape index (κ1) is 50.8. The molecule has 4 N–H and O–H groups in total. The molecule has 7 aromatic rings. The normalized spacial score (nSPS) is 10.3. The number of anilines is 1. The number of halogens is 1. The highest BCUT2D eigenvalue weighted by Crippen LogP contribution is 2.26. The summed E-state index contributed by atoms with van der Waals surface area (Å²) in [6.07, 6.45) is 7.14. The molecule has 0 aliphatic rings. The maximum absolute atomic E-state index is 11.1. The largest absolute Gasteiger partial charge is 0.375 e. The molecule has 4 aromatic carbocycles. The SMILES string of the molecule is CC(C)CCCc1nc(-c2ccc(C#N)cc2)cs1.CC(C)CCCc1nc(-c2ccc(CN)cc2)cs1.N#Cc1ccc(-c2csc(N)n2)cc1.N#Cc1ccc(C(=O)CBr)cc1. The van der Waals surface area contributed by atoms with Gasteiger partial charge in [-0.25, -0.2) is 15.0 Å². The monoisotopic (exact) mass is 968 g/mol. The minimum atomic E-state index is 0.0273. The van der Waals surface area contributed by atoms with E-state index in [1.54, 1.807) is 59.1 Å². The number of ketones is 1. The molecule has 7 rings (SSSR count). The highest BCUT2D eigenvalue weighted by molar-refractivity contribution is 9.09. The van der Waals surface area contributed by atoms with Gasteiger partial charge in [0.2, 0.25) is 0 Å². The van der Waals surface area contributed by atoms with Crippen molar-refractivity contribution < 1.29 is 4.79 Å². The van der Waals surface area contributed by atoms with E-state index in [0.717, 1.165) is 58.4 Å². The van der Waals surface area contributed by atoms with Gasteiger partial charge >= 0.3 is 0 Å². The Bertz CT molecular complexity index is 2590. The van der Waals surface area contributed by atoms with Crippen LogP contribution in [0, 0.1) is 45.8 Å². The van der Waals surface area contributed by atoms with Gasteiger partial charge in [-0.1, -0.05) is 117 Å². The topological polar surface area (TPSA) is 179 Å². The Kier molecular flexibility index (Phi) is 21.7. The second-order valence-corrected chi connectivity index (χ2v) is 18.8. The summed E-state index contributed by atoms with van der Waals surface area (Å²) in [5, 5.41) is 35.4. The van der Waals surface area contributed by atoms with E-state index in [1.807, 2.05) is 47.8 Å². The first-order valence-corrected chi connectivity index (χ1v) is 24.7. The third-order valence-corrected chi connectivity index (χ3v) is 12.5. The fraction of sp³-hybridized carbons (Fsp3) is 0.275. The van der Waals surface area contributed by atoms with Crippen LogP contribution in [-0.2, 0) is 19.4 Å². The number of aryl methyl sites for hydroxylation is 2. The third kappa shape index (κ3) is 17.4. The number of thiazole rings is 3. The van der Waals surface area contributed by atoms with E-state index in [2.05, 4.69) is 101 Å². The molecule has 0 unspecified atom stereocenters. The number of hydrogen-bond donors (Lipinski definition) is 2. The van der Waals surface area contributed by atoms with Gasteiger partial charge in [0.15, 0.2) is 10.9 Å². The Hall–Kier alpha value is -5.85. The van der Waals surface area contributed by atoms with Crippen LogP contribution in [0.5, 0.6) is 0 Å². The lowest BCUT2D eigenvalue weighted by Gasteiger charge is -2.02. The number of nitrogen functional groups attached to an aromatic ring is 1. The molecular weight excluding hydrogens is 917 g/mol. The van der Waals surface area contributed by atoms with E-state index in [-0.39, 0.29) is 5.78 Å². The van der Waals surface area contributed by atoms with E-state index in [4.69, 9.17) is 32.2 Å². The fourth-order valence-corrected chi connectivity index (χ4v) is 8.51. The Morgan fingerprint density at radius 3 is 1.31 bits per heavy atom. The zero-order chi connectivity index (χ0) is 46.3. The highest BCUT2D eigenvalue weighted by Gasteiger charge is 2.08. The van der Waals surface area contributed by atoms with Crippen molar-refractivity contribution in [3.63, 3.8) is 0 Å². The molecule has 13 heteroatoms. The Balaban J connectivity index is 0.000000190. The number of aromatic nitrogens is 3. The summed E-state index contributed by atoms with van der Waals surface area (Å²) in [5.74, 6) is 1.57. The molecule has 0 saturated carbocycles. The fourth-order valence-electron chi connectivity index (χ4n) is 5.91.